The lowest BCUT2D eigenvalue weighted by Gasteiger charge is -2.12. The Labute approximate surface area is 202 Å². The lowest BCUT2D eigenvalue weighted by Crippen LogP contribution is -2.15. The number of hydrogen-bond donors (Lipinski definition) is 3. The van der Waals surface area contributed by atoms with Gasteiger partial charge in [-0.15, -0.1) is 0 Å². The average Bonchev–Trinajstić information content (AvgIpc) is 2.77. The minimum absolute atomic E-state index is 0.00289. The fourth-order valence-electron chi connectivity index (χ4n) is 2.67. The average molecular weight is 556 g/mol. The Morgan fingerprint density at radius 3 is 2.52 bits per heavy atom. The van der Waals surface area contributed by atoms with Gasteiger partial charge in [0.05, 0.1) is 28.4 Å². The number of anilines is 2. The summed E-state index contributed by atoms with van der Waals surface area (Å²) >= 11 is 9.02. The molecule has 33 heavy (non-hydrogen) atoms. The van der Waals surface area contributed by atoms with E-state index in [9.17, 15) is 23.6 Å². The third kappa shape index (κ3) is 5.92. The number of nitrogens with one attached hydrogen (secondary N) is 2. The summed E-state index contributed by atoms with van der Waals surface area (Å²) in [5, 5.41) is 25.5. The van der Waals surface area contributed by atoms with E-state index in [2.05, 4.69) is 31.2 Å². The maximum atomic E-state index is 13.0. The van der Waals surface area contributed by atoms with Crippen LogP contribution in [0.25, 0.3) is 0 Å². The number of benzene rings is 3. The Morgan fingerprint density at radius 1 is 1.18 bits per heavy atom. The number of phenols is 1. The number of halogens is 2. The van der Waals surface area contributed by atoms with Crippen molar-refractivity contribution in [3.63, 3.8) is 0 Å². The number of nitro benzene ring substituents is 1. The summed E-state index contributed by atoms with van der Waals surface area (Å²) in [4.78, 5) is 10.1. The maximum Gasteiger partial charge on any atom is 0.270 e. The predicted molar refractivity (Wildman–Crippen MR) is 129 cm³/mol. The van der Waals surface area contributed by atoms with E-state index in [1.165, 1.54) is 49.7 Å². The summed E-state index contributed by atoms with van der Waals surface area (Å²) in [5.74, 6) is 0.122. The van der Waals surface area contributed by atoms with Gasteiger partial charge in [-0.1, -0.05) is 11.6 Å². The van der Waals surface area contributed by atoms with Crippen LogP contribution < -0.4 is 14.9 Å². The number of methoxy groups -OCH3 is 1. The number of hydrazone groups is 1. The summed E-state index contributed by atoms with van der Waals surface area (Å²) < 4.78 is 33.7. The molecular formula is C20H16BrClN4O6S. The highest BCUT2D eigenvalue weighted by Crippen LogP contribution is 2.35. The Kier molecular flexibility index (Phi) is 7.41. The number of rotatable bonds is 8. The highest BCUT2D eigenvalue weighted by Gasteiger charge is 2.22. The molecule has 0 heterocycles. The highest BCUT2D eigenvalue weighted by atomic mass is 79.9. The second-order valence-corrected chi connectivity index (χ2v) is 9.42. The van der Waals surface area contributed by atoms with Crippen LogP contribution in [0.1, 0.15) is 5.56 Å². The van der Waals surface area contributed by atoms with Crippen LogP contribution in [0.2, 0.25) is 5.02 Å². The Bertz CT molecular complexity index is 1330. The van der Waals surface area contributed by atoms with Gasteiger partial charge in [-0.3, -0.25) is 20.3 Å². The van der Waals surface area contributed by atoms with E-state index in [-0.39, 0.29) is 27.8 Å². The van der Waals surface area contributed by atoms with Crippen LogP contribution >= 0.6 is 27.5 Å². The zero-order valence-electron chi connectivity index (χ0n) is 16.8. The summed E-state index contributed by atoms with van der Waals surface area (Å²) in [6, 6.07) is 12.3. The number of non-ortho nitro benzene ring substituents is 1. The number of nitrogens with zero attached hydrogens (tertiary/aromatic N) is 2. The van der Waals surface area contributed by atoms with Gasteiger partial charge in [-0.25, -0.2) is 8.42 Å². The van der Waals surface area contributed by atoms with Crippen LogP contribution in [-0.4, -0.2) is 31.8 Å². The largest absolute Gasteiger partial charge is 0.503 e. The monoisotopic (exact) mass is 554 g/mol. The molecule has 0 saturated carbocycles. The molecule has 3 N–H and O–H groups in total. The molecule has 0 aliphatic rings. The molecule has 0 saturated heterocycles. The molecule has 10 nitrogen and oxygen atoms in total. The Balaban J connectivity index is 1.94. The topological polar surface area (TPSA) is 143 Å². The lowest BCUT2D eigenvalue weighted by atomic mass is 10.2. The first-order valence-corrected chi connectivity index (χ1v) is 11.7. The summed E-state index contributed by atoms with van der Waals surface area (Å²) in [7, 11) is -2.83. The molecule has 0 fully saturated rings. The van der Waals surface area contributed by atoms with Crippen molar-refractivity contribution >= 4 is 60.8 Å². The number of hydrogen-bond acceptors (Lipinski definition) is 8. The van der Waals surface area contributed by atoms with Crippen LogP contribution in [0.5, 0.6) is 11.5 Å². The van der Waals surface area contributed by atoms with Gasteiger partial charge in [0.25, 0.3) is 15.7 Å². The number of aromatic hydroxyl groups is 1. The molecule has 0 bridgehead atoms. The van der Waals surface area contributed by atoms with Gasteiger partial charge in [-0.2, -0.15) is 5.10 Å². The van der Waals surface area contributed by atoms with E-state index >= 15 is 0 Å². The number of nitro groups is 1. The highest BCUT2D eigenvalue weighted by molar-refractivity contribution is 9.10. The van der Waals surface area contributed by atoms with Crippen LogP contribution in [0.3, 0.4) is 0 Å². The fraction of sp³-hybridized carbons (Fsp3) is 0.0500. The fourth-order valence-corrected chi connectivity index (χ4v) is 4.49. The van der Waals surface area contributed by atoms with Crippen molar-refractivity contribution in [1.29, 1.82) is 0 Å². The third-order valence-electron chi connectivity index (χ3n) is 4.23. The zero-order valence-corrected chi connectivity index (χ0v) is 20.0. The summed E-state index contributed by atoms with van der Waals surface area (Å²) in [5.41, 5.74) is 2.93. The smallest absolute Gasteiger partial charge is 0.270 e. The number of phenolic OH excluding ortho intramolecular Hbond substituents is 1. The van der Waals surface area contributed by atoms with Crippen molar-refractivity contribution in [1.82, 2.24) is 0 Å². The molecule has 0 aliphatic heterocycles. The normalized spacial score (nSPS) is 11.4. The molecule has 172 valence electrons. The van der Waals surface area contributed by atoms with Gasteiger partial charge >= 0.3 is 0 Å². The lowest BCUT2D eigenvalue weighted by molar-refractivity contribution is -0.385. The molecule has 3 aromatic carbocycles. The molecule has 0 amide bonds. The van der Waals surface area contributed by atoms with E-state index in [0.29, 0.717) is 15.1 Å². The molecule has 13 heteroatoms. The molecule has 3 aromatic rings. The van der Waals surface area contributed by atoms with E-state index in [4.69, 9.17) is 16.3 Å². The van der Waals surface area contributed by atoms with E-state index < -0.39 is 20.6 Å². The van der Waals surface area contributed by atoms with Gasteiger partial charge in [0.2, 0.25) is 0 Å². The molecule has 0 radical (unpaired) electrons. The second kappa shape index (κ2) is 10.1. The molecular weight excluding hydrogens is 540 g/mol. The van der Waals surface area contributed by atoms with Gasteiger partial charge in [-0.05, 0) is 64.0 Å². The quantitative estimate of drug-likeness (QED) is 0.202. The minimum atomic E-state index is -4.23. The summed E-state index contributed by atoms with van der Waals surface area (Å²) in [6.07, 6.45) is 1.36. The van der Waals surface area contributed by atoms with Crippen molar-refractivity contribution in [2.24, 2.45) is 5.10 Å². The van der Waals surface area contributed by atoms with E-state index in [1.807, 2.05) is 0 Å². The first kappa shape index (κ1) is 24.3. The van der Waals surface area contributed by atoms with Gasteiger partial charge < -0.3 is 9.84 Å². The SMILES string of the molecule is COc1cc(/C=N/Nc2ccc([N+](=O)[O-])cc2S(=O)(=O)Nc2ccc(Cl)cc2)cc(Br)c1O. The molecule has 0 atom stereocenters. The van der Waals surface area contributed by atoms with Crippen LogP contribution in [0.15, 0.2) is 69.1 Å². The molecule has 0 spiro atoms. The predicted octanol–water partition coefficient (Wildman–Crippen LogP) is 4.97. The Morgan fingerprint density at radius 2 is 1.88 bits per heavy atom. The van der Waals surface area contributed by atoms with Crippen LogP contribution in [0, 0.1) is 10.1 Å². The van der Waals surface area contributed by atoms with Crippen molar-refractivity contribution in [2.75, 3.05) is 17.3 Å². The molecule has 0 aliphatic carbocycles. The van der Waals surface area contributed by atoms with Crippen LogP contribution in [-0.2, 0) is 10.0 Å². The maximum absolute atomic E-state index is 13.0. The first-order chi connectivity index (χ1) is 15.6. The third-order valence-corrected chi connectivity index (χ3v) is 6.51. The van der Waals surface area contributed by atoms with E-state index in [0.717, 1.165) is 12.1 Å². The second-order valence-electron chi connectivity index (χ2n) is 6.47. The van der Waals surface area contributed by atoms with Crippen molar-refractivity contribution in [3.05, 3.63) is 79.8 Å². The molecule has 3 rings (SSSR count). The minimum Gasteiger partial charge on any atom is -0.503 e. The zero-order chi connectivity index (χ0) is 24.2. The van der Waals surface area contributed by atoms with Gasteiger partial charge in [0.1, 0.15) is 4.90 Å². The molecule has 0 unspecified atom stereocenters. The number of ether oxygens (including phenoxy) is 1. The van der Waals surface area contributed by atoms with Crippen molar-refractivity contribution < 1.29 is 23.2 Å². The van der Waals surface area contributed by atoms with E-state index in [1.54, 1.807) is 6.07 Å². The standard InChI is InChI=1S/C20H16BrClN4O6S/c1-32-18-9-12(8-16(21)20(18)27)11-23-24-17-7-6-15(26(28)29)10-19(17)33(30,31)25-14-4-2-13(22)3-5-14/h2-11,24-25,27H,1H3/b23-11+. The number of sulfonamides is 1. The summed E-state index contributed by atoms with van der Waals surface area (Å²) in [6.45, 7) is 0. The van der Waals surface area contributed by atoms with Gasteiger partial charge in [0.15, 0.2) is 11.5 Å². The van der Waals surface area contributed by atoms with Crippen molar-refractivity contribution in [3.8, 4) is 11.5 Å². The first-order valence-electron chi connectivity index (χ1n) is 9.03. The molecule has 0 aromatic heterocycles. The van der Waals surface area contributed by atoms with Crippen molar-refractivity contribution in [2.45, 2.75) is 4.90 Å². The van der Waals surface area contributed by atoms with Crippen LogP contribution in [0.4, 0.5) is 17.1 Å². The van der Waals surface area contributed by atoms with Gasteiger partial charge in [0, 0.05) is 22.8 Å². The Hall–Kier alpha value is -3.35.